The highest BCUT2D eigenvalue weighted by Crippen LogP contribution is 2.14. The van der Waals surface area contributed by atoms with Crippen LogP contribution in [0.1, 0.15) is 10.4 Å². The van der Waals surface area contributed by atoms with Crippen molar-refractivity contribution in [3.05, 3.63) is 58.3 Å². The Balaban J connectivity index is 1.95. The van der Waals surface area contributed by atoms with Gasteiger partial charge in [0, 0.05) is 24.7 Å². The fourth-order valence-corrected chi connectivity index (χ4v) is 2.27. The van der Waals surface area contributed by atoms with Gasteiger partial charge >= 0.3 is 0 Å². The Morgan fingerprint density at radius 3 is 2.47 bits per heavy atom. The van der Waals surface area contributed by atoms with E-state index in [0.717, 1.165) is 6.42 Å². The van der Waals surface area contributed by atoms with Gasteiger partial charge in [-0.05, 0) is 41.6 Å². The molecule has 2 heteroatoms. The predicted octanol–water partition coefficient (Wildman–Crippen LogP) is 4.07. The molecule has 1 aromatic carbocycles. The zero-order valence-corrected chi connectivity index (χ0v) is 11.1. The molecule has 88 valence electrons. The molecule has 2 rings (SSSR count). The number of rotatable bonds is 4. The van der Waals surface area contributed by atoms with Crippen molar-refractivity contribution in [2.45, 2.75) is 6.42 Å². The summed E-state index contributed by atoms with van der Waals surface area (Å²) in [5.41, 5.74) is 2.60. The molecule has 2 aromatic rings. The third-order valence-corrected chi connectivity index (χ3v) is 3.47. The van der Waals surface area contributed by atoms with Gasteiger partial charge in [0.15, 0.2) is 0 Å². The molecule has 17 heavy (non-hydrogen) atoms. The molecule has 0 unspecified atom stereocenters. The molecule has 0 N–H and O–H groups in total. The van der Waals surface area contributed by atoms with Crippen LogP contribution in [-0.4, -0.2) is 14.1 Å². The summed E-state index contributed by atoms with van der Waals surface area (Å²) in [6.07, 6.45) is 5.40. The van der Waals surface area contributed by atoms with Crippen LogP contribution in [0, 0.1) is 0 Å². The SMILES string of the molecule is CN(C)c1ccc(C/C=C/c2cccs2)cc1. The lowest BCUT2D eigenvalue weighted by Crippen LogP contribution is -2.08. The number of thiophene rings is 1. The van der Waals surface area contributed by atoms with E-state index in [1.165, 1.54) is 16.1 Å². The Morgan fingerprint density at radius 1 is 1.12 bits per heavy atom. The summed E-state index contributed by atoms with van der Waals surface area (Å²) in [6.45, 7) is 0. The lowest BCUT2D eigenvalue weighted by molar-refractivity contribution is 1.13. The fraction of sp³-hybridized carbons (Fsp3) is 0.200. The Hall–Kier alpha value is -1.54. The Bertz CT molecular complexity index is 466. The van der Waals surface area contributed by atoms with Crippen molar-refractivity contribution in [2.75, 3.05) is 19.0 Å². The van der Waals surface area contributed by atoms with Gasteiger partial charge in [0.25, 0.3) is 0 Å². The van der Waals surface area contributed by atoms with Crippen LogP contribution in [0.3, 0.4) is 0 Å². The standard InChI is InChI=1S/C15H17NS/c1-16(2)14-10-8-13(9-11-14)5-3-6-15-7-4-12-17-15/h3-4,6-12H,5H2,1-2H3/b6-3+. The summed E-state index contributed by atoms with van der Waals surface area (Å²) in [6, 6.07) is 12.9. The quantitative estimate of drug-likeness (QED) is 0.782. The summed E-state index contributed by atoms with van der Waals surface area (Å²) in [7, 11) is 4.12. The van der Waals surface area contributed by atoms with Crippen molar-refractivity contribution in [2.24, 2.45) is 0 Å². The molecule has 0 aliphatic rings. The van der Waals surface area contributed by atoms with E-state index in [1.54, 1.807) is 11.3 Å². The lowest BCUT2D eigenvalue weighted by atomic mass is 10.1. The Kier molecular flexibility index (Phi) is 3.99. The molecule has 0 aliphatic heterocycles. The molecule has 1 aromatic heterocycles. The monoisotopic (exact) mass is 243 g/mol. The van der Waals surface area contributed by atoms with Crippen LogP contribution in [0.2, 0.25) is 0 Å². The third kappa shape index (κ3) is 3.46. The van der Waals surface area contributed by atoms with Gasteiger partial charge < -0.3 is 4.90 Å². The first kappa shape index (κ1) is 11.9. The smallest absolute Gasteiger partial charge is 0.0361 e. The van der Waals surface area contributed by atoms with Crippen molar-refractivity contribution in [3.8, 4) is 0 Å². The third-order valence-electron chi connectivity index (χ3n) is 2.63. The predicted molar refractivity (Wildman–Crippen MR) is 77.8 cm³/mol. The summed E-state index contributed by atoms with van der Waals surface area (Å²) < 4.78 is 0. The maximum atomic E-state index is 2.22. The Labute approximate surface area is 107 Å². The molecule has 0 bridgehead atoms. The van der Waals surface area contributed by atoms with Crippen molar-refractivity contribution < 1.29 is 0 Å². The molecule has 0 fully saturated rings. The minimum Gasteiger partial charge on any atom is -0.378 e. The average Bonchev–Trinajstić information content (AvgIpc) is 2.83. The highest BCUT2D eigenvalue weighted by Gasteiger charge is 1.94. The van der Waals surface area contributed by atoms with Gasteiger partial charge in [-0.2, -0.15) is 0 Å². The summed E-state index contributed by atoms with van der Waals surface area (Å²) in [5.74, 6) is 0. The van der Waals surface area contributed by atoms with Crippen LogP contribution in [0.15, 0.2) is 47.9 Å². The number of hydrogen-bond acceptors (Lipinski definition) is 2. The normalized spacial score (nSPS) is 10.9. The molecule has 0 saturated heterocycles. The lowest BCUT2D eigenvalue weighted by Gasteiger charge is -2.12. The van der Waals surface area contributed by atoms with E-state index in [9.17, 15) is 0 Å². The van der Waals surface area contributed by atoms with Crippen molar-refractivity contribution in [1.29, 1.82) is 0 Å². The van der Waals surface area contributed by atoms with Gasteiger partial charge in [-0.15, -0.1) is 11.3 Å². The van der Waals surface area contributed by atoms with Gasteiger partial charge in [-0.1, -0.05) is 24.3 Å². The molecule has 0 spiro atoms. The summed E-state index contributed by atoms with van der Waals surface area (Å²) >= 11 is 1.77. The van der Waals surface area contributed by atoms with E-state index in [1.807, 2.05) is 0 Å². The molecular formula is C15H17NS. The van der Waals surface area contributed by atoms with Gasteiger partial charge in [0.05, 0.1) is 0 Å². The van der Waals surface area contributed by atoms with E-state index in [4.69, 9.17) is 0 Å². The molecule has 0 amide bonds. The van der Waals surface area contributed by atoms with Crippen LogP contribution < -0.4 is 4.90 Å². The van der Waals surface area contributed by atoms with Crippen LogP contribution >= 0.6 is 11.3 Å². The molecule has 1 heterocycles. The first-order valence-corrected chi connectivity index (χ1v) is 6.60. The second-order valence-electron chi connectivity index (χ2n) is 4.18. The van der Waals surface area contributed by atoms with Gasteiger partial charge in [-0.25, -0.2) is 0 Å². The second-order valence-corrected chi connectivity index (χ2v) is 5.16. The average molecular weight is 243 g/mol. The largest absolute Gasteiger partial charge is 0.378 e. The highest BCUT2D eigenvalue weighted by molar-refractivity contribution is 7.10. The van der Waals surface area contributed by atoms with Crippen LogP contribution in [0.25, 0.3) is 6.08 Å². The zero-order valence-electron chi connectivity index (χ0n) is 10.3. The number of hydrogen-bond donors (Lipinski definition) is 0. The number of benzene rings is 1. The van der Waals surface area contributed by atoms with Gasteiger partial charge in [0.1, 0.15) is 0 Å². The topological polar surface area (TPSA) is 3.24 Å². The maximum absolute atomic E-state index is 2.22. The van der Waals surface area contributed by atoms with E-state index in [2.05, 4.69) is 72.9 Å². The van der Waals surface area contributed by atoms with Crippen molar-refractivity contribution >= 4 is 23.1 Å². The number of allylic oxidation sites excluding steroid dienone is 1. The molecule has 0 saturated carbocycles. The van der Waals surface area contributed by atoms with Crippen LogP contribution in [-0.2, 0) is 6.42 Å². The summed E-state index contributed by atoms with van der Waals surface area (Å²) in [4.78, 5) is 3.43. The van der Waals surface area contributed by atoms with E-state index < -0.39 is 0 Å². The van der Waals surface area contributed by atoms with E-state index in [0.29, 0.717) is 0 Å². The molecule has 1 nitrogen and oxygen atoms in total. The molecular weight excluding hydrogens is 226 g/mol. The second kappa shape index (κ2) is 5.69. The molecule has 0 aliphatic carbocycles. The molecule has 0 atom stereocenters. The zero-order chi connectivity index (χ0) is 12.1. The maximum Gasteiger partial charge on any atom is 0.0361 e. The van der Waals surface area contributed by atoms with Crippen molar-refractivity contribution in [3.63, 3.8) is 0 Å². The highest BCUT2D eigenvalue weighted by atomic mass is 32.1. The Morgan fingerprint density at radius 2 is 1.88 bits per heavy atom. The fourth-order valence-electron chi connectivity index (χ4n) is 1.63. The minimum absolute atomic E-state index is 0.992. The van der Waals surface area contributed by atoms with Gasteiger partial charge in [0.2, 0.25) is 0 Å². The molecule has 0 radical (unpaired) electrons. The minimum atomic E-state index is 0.992. The van der Waals surface area contributed by atoms with E-state index in [-0.39, 0.29) is 0 Å². The first-order chi connectivity index (χ1) is 8.25. The first-order valence-electron chi connectivity index (χ1n) is 5.72. The van der Waals surface area contributed by atoms with Crippen LogP contribution in [0.4, 0.5) is 5.69 Å². The summed E-state index contributed by atoms with van der Waals surface area (Å²) in [5, 5.41) is 2.10. The van der Waals surface area contributed by atoms with E-state index >= 15 is 0 Å². The van der Waals surface area contributed by atoms with Gasteiger partial charge in [-0.3, -0.25) is 0 Å². The number of anilines is 1. The van der Waals surface area contributed by atoms with Crippen molar-refractivity contribution in [1.82, 2.24) is 0 Å². The van der Waals surface area contributed by atoms with Crippen LogP contribution in [0.5, 0.6) is 0 Å². The number of nitrogens with zero attached hydrogens (tertiary/aromatic N) is 1.